The Morgan fingerprint density at radius 2 is 1.94 bits per heavy atom. The van der Waals surface area contributed by atoms with Gasteiger partial charge in [-0.25, -0.2) is 0 Å². The van der Waals surface area contributed by atoms with E-state index in [0.29, 0.717) is 23.0 Å². The molecular formula is C26H37N5O3. The van der Waals surface area contributed by atoms with Gasteiger partial charge >= 0.3 is 0 Å². The average molecular weight is 468 g/mol. The number of nitrogens with zero attached hydrogens (tertiary/aromatic N) is 2. The Morgan fingerprint density at radius 1 is 1.15 bits per heavy atom. The average Bonchev–Trinajstić information content (AvgIpc) is 3.63. The number of piperidine rings is 2. The summed E-state index contributed by atoms with van der Waals surface area (Å²) in [6.07, 6.45) is 5.74. The topological polar surface area (TPSA) is 102 Å². The molecule has 5 rings (SSSR count). The van der Waals surface area contributed by atoms with Gasteiger partial charge in [0.05, 0.1) is 23.7 Å². The van der Waals surface area contributed by atoms with Gasteiger partial charge in [0.25, 0.3) is 5.91 Å². The summed E-state index contributed by atoms with van der Waals surface area (Å²) in [5, 5.41) is 6.98. The normalized spacial score (nSPS) is 27.6. The van der Waals surface area contributed by atoms with Crippen LogP contribution in [-0.4, -0.2) is 55.8 Å². The molecule has 2 aromatic rings. The van der Waals surface area contributed by atoms with Gasteiger partial charge in [0.15, 0.2) is 5.75 Å². The summed E-state index contributed by atoms with van der Waals surface area (Å²) in [5.74, 6) is 1.38. The van der Waals surface area contributed by atoms with Crippen LogP contribution in [0.4, 0.5) is 5.69 Å². The Kier molecular flexibility index (Phi) is 6.29. The number of aromatic nitrogens is 1. The number of pyridine rings is 1. The van der Waals surface area contributed by atoms with Crippen LogP contribution in [0, 0.1) is 11.8 Å². The number of hydrogen-bond donors (Lipinski definition) is 3. The lowest BCUT2D eigenvalue weighted by Crippen LogP contribution is -2.49. The van der Waals surface area contributed by atoms with E-state index in [1.807, 2.05) is 12.1 Å². The number of rotatable bonds is 5. The lowest BCUT2D eigenvalue weighted by molar-refractivity contribution is 0.0923. The molecule has 184 valence electrons. The fourth-order valence-corrected chi connectivity index (χ4v) is 5.79. The molecule has 1 aromatic carbocycles. The molecule has 8 nitrogen and oxygen atoms in total. The van der Waals surface area contributed by atoms with Crippen molar-refractivity contribution in [3.05, 3.63) is 34.1 Å². The summed E-state index contributed by atoms with van der Waals surface area (Å²) in [4.78, 5) is 29.0. The van der Waals surface area contributed by atoms with E-state index in [4.69, 9.17) is 10.5 Å². The number of methoxy groups -OCH3 is 1. The van der Waals surface area contributed by atoms with Crippen LogP contribution in [0.25, 0.3) is 10.9 Å². The van der Waals surface area contributed by atoms with Crippen LogP contribution >= 0.6 is 0 Å². The molecule has 1 saturated carbocycles. The molecule has 3 fully saturated rings. The number of hydrogen-bond acceptors (Lipinski definition) is 6. The van der Waals surface area contributed by atoms with Crippen molar-refractivity contribution >= 4 is 22.5 Å². The molecular weight excluding hydrogens is 430 g/mol. The third-order valence-corrected chi connectivity index (χ3v) is 7.45. The van der Waals surface area contributed by atoms with Crippen molar-refractivity contribution in [2.75, 3.05) is 38.2 Å². The second-order valence-corrected chi connectivity index (χ2v) is 10.7. The highest BCUT2D eigenvalue weighted by Crippen LogP contribution is 2.43. The molecule has 0 spiro atoms. The van der Waals surface area contributed by atoms with Gasteiger partial charge in [0.2, 0.25) is 5.43 Å². The number of ether oxygens (including phenoxy) is 1. The second-order valence-electron chi connectivity index (χ2n) is 10.7. The van der Waals surface area contributed by atoms with Crippen molar-refractivity contribution in [3.8, 4) is 5.75 Å². The Balaban J connectivity index is 1.57. The predicted molar refractivity (Wildman–Crippen MR) is 135 cm³/mol. The maximum atomic E-state index is 13.6. The van der Waals surface area contributed by atoms with Gasteiger partial charge in [-0.1, -0.05) is 13.8 Å². The van der Waals surface area contributed by atoms with Gasteiger partial charge in [-0.15, -0.1) is 0 Å². The number of carbonyl (C=O) groups is 1. The van der Waals surface area contributed by atoms with Crippen LogP contribution in [0.2, 0.25) is 0 Å². The highest BCUT2D eigenvalue weighted by atomic mass is 16.5. The van der Waals surface area contributed by atoms with Gasteiger partial charge in [-0.3, -0.25) is 9.59 Å². The summed E-state index contributed by atoms with van der Waals surface area (Å²) in [6.45, 7) is 7.73. The monoisotopic (exact) mass is 467 g/mol. The lowest BCUT2D eigenvalue weighted by atomic mass is 9.95. The Hall–Kier alpha value is -2.58. The molecule has 4 N–H and O–H groups in total. The van der Waals surface area contributed by atoms with Crippen LogP contribution < -0.4 is 31.4 Å². The Morgan fingerprint density at radius 3 is 2.62 bits per heavy atom. The van der Waals surface area contributed by atoms with E-state index >= 15 is 0 Å². The van der Waals surface area contributed by atoms with Gasteiger partial charge in [-0.2, -0.15) is 0 Å². The van der Waals surface area contributed by atoms with Gasteiger partial charge in [0.1, 0.15) is 5.56 Å². The van der Waals surface area contributed by atoms with Gasteiger partial charge in [0, 0.05) is 44.0 Å². The lowest BCUT2D eigenvalue weighted by Gasteiger charge is -2.37. The minimum Gasteiger partial charge on any atom is -0.492 e. The largest absolute Gasteiger partial charge is 0.492 e. The molecule has 1 aliphatic carbocycles. The van der Waals surface area contributed by atoms with Crippen molar-refractivity contribution in [1.29, 1.82) is 0 Å². The van der Waals surface area contributed by atoms with Gasteiger partial charge < -0.3 is 30.6 Å². The molecule has 0 radical (unpaired) electrons. The first-order chi connectivity index (χ1) is 16.4. The zero-order valence-electron chi connectivity index (χ0n) is 20.5. The Bertz CT molecular complexity index is 1130. The minimum absolute atomic E-state index is 0.0305. The molecule has 3 aliphatic rings. The third-order valence-electron chi connectivity index (χ3n) is 7.45. The Labute approximate surface area is 200 Å². The number of carbonyl (C=O) groups excluding carboxylic acids is 1. The summed E-state index contributed by atoms with van der Waals surface area (Å²) >= 11 is 0. The van der Waals surface area contributed by atoms with Gasteiger partial charge in [-0.05, 0) is 56.2 Å². The van der Waals surface area contributed by atoms with E-state index in [1.165, 1.54) is 0 Å². The molecule has 1 aromatic heterocycles. The molecule has 3 heterocycles. The van der Waals surface area contributed by atoms with Crippen molar-refractivity contribution in [1.82, 2.24) is 15.2 Å². The third kappa shape index (κ3) is 4.41. The second kappa shape index (κ2) is 9.23. The maximum absolute atomic E-state index is 13.6. The molecule has 2 saturated heterocycles. The first kappa shape index (κ1) is 23.2. The van der Waals surface area contributed by atoms with E-state index in [0.717, 1.165) is 63.1 Å². The van der Waals surface area contributed by atoms with Crippen LogP contribution in [0.15, 0.2) is 23.1 Å². The highest BCUT2D eigenvalue weighted by molar-refractivity contribution is 6.00. The standard InChI is InChI=1S/C26H37N5O3/c1-15-9-18(11-28-10-15)29-26(33)21-14-31(19-4-5-19)23-20(24(21)32)6-7-22(25(23)34-3)30-12-16(2)8-17(27)13-30/h6-7,14-19,28H,4-5,8-13,27H2,1-3H3,(H,29,33)/t15-,16-,17-,18-/m0/s1. The van der Waals surface area contributed by atoms with Crippen LogP contribution in [0.1, 0.15) is 55.9 Å². The quantitative estimate of drug-likeness (QED) is 0.624. The molecule has 8 heteroatoms. The van der Waals surface area contributed by atoms with Crippen LogP contribution in [0.3, 0.4) is 0 Å². The number of anilines is 1. The van der Waals surface area contributed by atoms with Crippen LogP contribution in [0.5, 0.6) is 5.75 Å². The van der Waals surface area contributed by atoms with Crippen LogP contribution in [-0.2, 0) is 0 Å². The summed E-state index contributed by atoms with van der Waals surface area (Å²) in [6, 6.07) is 4.23. The highest BCUT2D eigenvalue weighted by Gasteiger charge is 2.31. The number of nitrogens with one attached hydrogen (secondary N) is 2. The number of amides is 1. The minimum atomic E-state index is -0.291. The van der Waals surface area contributed by atoms with E-state index in [-0.39, 0.29) is 35.0 Å². The zero-order chi connectivity index (χ0) is 24.0. The van der Waals surface area contributed by atoms with Crippen molar-refractivity contribution in [2.24, 2.45) is 17.6 Å². The molecule has 0 bridgehead atoms. The molecule has 1 amide bonds. The zero-order valence-corrected chi connectivity index (χ0v) is 20.5. The SMILES string of the molecule is COc1c(N2C[C@@H](C)C[C@H](N)C2)ccc2c(=O)c(C(=O)N[C@@H]3CNC[C@@H](C)C3)cn(C3CC3)c12. The van der Waals surface area contributed by atoms with Crippen molar-refractivity contribution in [2.45, 2.75) is 57.7 Å². The summed E-state index contributed by atoms with van der Waals surface area (Å²) in [5.41, 5.74) is 8.03. The first-order valence-corrected chi connectivity index (χ1v) is 12.6. The summed E-state index contributed by atoms with van der Waals surface area (Å²) in [7, 11) is 1.66. The number of fused-ring (bicyclic) bond motifs is 1. The maximum Gasteiger partial charge on any atom is 0.257 e. The van der Waals surface area contributed by atoms with Crippen molar-refractivity contribution < 1.29 is 9.53 Å². The molecule has 0 unspecified atom stereocenters. The molecule has 2 aliphatic heterocycles. The van der Waals surface area contributed by atoms with E-state index < -0.39 is 0 Å². The predicted octanol–water partition coefficient (Wildman–Crippen LogP) is 2.25. The first-order valence-electron chi connectivity index (χ1n) is 12.6. The fourth-order valence-electron chi connectivity index (χ4n) is 5.79. The fraction of sp³-hybridized carbons (Fsp3) is 0.615. The molecule has 4 atom stereocenters. The van der Waals surface area contributed by atoms with E-state index in [2.05, 4.69) is 33.9 Å². The van der Waals surface area contributed by atoms with E-state index in [9.17, 15) is 9.59 Å². The molecule has 34 heavy (non-hydrogen) atoms. The van der Waals surface area contributed by atoms with E-state index in [1.54, 1.807) is 13.3 Å². The summed E-state index contributed by atoms with van der Waals surface area (Å²) < 4.78 is 8.04. The number of nitrogens with two attached hydrogens (primary N) is 1. The smallest absolute Gasteiger partial charge is 0.257 e. The number of benzene rings is 1. The van der Waals surface area contributed by atoms with Crippen molar-refractivity contribution in [3.63, 3.8) is 0 Å².